The van der Waals surface area contributed by atoms with Crippen molar-refractivity contribution in [2.24, 2.45) is 0 Å². The Morgan fingerprint density at radius 3 is 1.09 bits per heavy atom. The molecular formula is C44H26N2. The van der Waals surface area contributed by atoms with Gasteiger partial charge in [-0.3, -0.25) is 0 Å². The maximum Gasteiger partial charge on any atom is 0.0979 e. The molecule has 0 bridgehead atoms. The van der Waals surface area contributed by atoms with Crippen LogP contribution in [-0.2, 0) is 0 Å². The van der Waals surface area contributed by atoms with E-state index in [1.807, 2.05) is 24.3 Å². The molecule has 9 aromatic carbocycles. The lowest BCUT2D eigenvalue weighted by atomic mass is 9.91. The number of para-hydroxylation sites is 2. The van der Waals surface area contributed by atoms with E-state index in [0.717, 1.165) is 32.8 Å². The molecule has 212 valence electrons. The number of fused-ring (bicyclic) bond motifs is 13. The van der Waals surface area contributed by atoms with Gasteiger partial charge in [0.1, 0.15) is 0 Å². The normalized spacial score (nSPS) is 11.9. The van der Waals surface area contributed by atoms with Gasteiger partial charge in [0, 0.05) is 10.8 Å². The van der Waals surface area contributed by atoms with Gasteiger partial charge in [-0.25, -0.2) is 9.97 Å². The Hall–Kier alpha value is -6.12. The lowest BCUT2D eigenvalue weighted by molar-refractivity contribution is 1.42. The molecule has 0 unspecified atom stereocenters. The first kappa shape index (κ1) is 25.2. The molecular weight excluding hydrogens is 556 g/mol. The summed E-state index contributed by atoms with van der Waals surface area (Å²) in [7, 11) is 0. The molecule has 0 fully saturated rings. The summed E-state index contributed by atoms with van der Waals surface area (Å²) in [6.45, 7) is 0. The molecule has 0 saturated carbocycles. The molecule has 0 N–H and O–H groups in total. The van der Waals surface area contributed by atoms with Gasteiger partial charge in [0.2, 0.25) is 0 Å². The van der Waals surface area contributed by atoms with Crippen LogP contribution in [0, 0.1) is 0 Å². The van der Waals surface area contributed by atoms with Gasteiger partial charge in [-0.15, -0.1) is 0 Å². The molecule has 0 aliphatic rings. The van der Waals surface area contributed by atoms with E-state index < -0.39 is 0 Å². The molecule has 0 amide bonds. The first-order valence-electron chi connectivity index (χ1n) is 15.8. The second-order valence-corrected chi connectivity index (χ2v) is 12.1. The van der Waals surface area contributed by atoms with Gasteiger partial charge in [-0.1, -0.05) is 133 Å². The van der Waals surface area contributed by atoms with Crippen LogP contribution in [0.4, 0.5) is 0 Å². The molecule has 2 heteroatoms. The van der Waals surface area contributed by atoms with E-state index in [0.29, 0.717) is 0 Å². The predicted octanol–water partition coefficient (Wildman–Crippen LogP) is 11.9. The van der Waals surface area contributed by atoms with Crippen molar-refractivity contribution in [1.29, 1.82) is 0 Å². The fourth-order valence-electron chi connectivity index (χ4n) is 7.40. The van der Waals surface area contributed by atoms with Crippen LogP contribution in [0.15, 0.2) is 158 Å². The fraction of sp³-hybridized carbons (Fsp3) is 0. The molecule has 46 heavy (non-hydrogen) atoms. The number of hydrogen-bond acceptors (Lipinski definition) is 2. The first-order valence-corrected chi connectivity index (χ1v) is 15.8. The lowest BCUT2D eigenvalue weighted by Gasteiger charge is -2.13. The summed E-state index contributed by atoms with van der Waals surface area (Å²) in [5.41, 5.74) is 8.50. The van der Waals surface area contributed by atoms with Gasteiger partial charge < -0.3 is 0 Å². The lowest BCUT2D eigenvalue weighted by Crippen LogP contribution is -1.92. The summed E-state index contributed by atoms with van der Waals surface area (Å²) in [5, 5.41) is 12.4. The van der Waals surface area contributed by atoms with Gasteiger partial charge in [0.05, 0.1) is 22.1 Å². The van der Waals surface area contributed by atoms with E-state index in [2.05, 4.69) is 133 Å². The molecule has 0 saturated heterocycles. The van der Waals surface area contributed by atoms with Gasteiger partial charge in [-0.05, 0) is 89.6 Å². The van der Waals surface area contributed by atoms with Crippen LogP contribution in [0.2, 0.25) is 0 Å². The Labute approximate surface area is 265 Å². The minimum atomic E-state index is 0.914. The Bertz CT molecular complexity index is 2810. The summed E-state index contributed by atoms with van der Waals surface area (Å²) in [4.78, 5) is 10.2. The molecule has 1 heterocycles. The van der Waals surface area contributed by atoms with Crippen LogP contribution in [-0.4, -0.2) is 9.97 Å². The Morgan fingerprint density at radius 2 is 0.565 bits per heavy atom. The average molecular weight is 583 g/mol. The highest BCUT2D eigenvalue weighted by atomic mass is 14.8. The highest BCUT2D eigenvalue weighted by Gasteiger charge is 2.14. The molecule has 0 atom stereocenters. The van der Waals surface area contributed by atoms with Crippen molar-refractivity contribution in [3.63, 3.8) is 0 Å². The highest BCUT2D eigenvalue weighted by Crippen LogP contribution is 2.39. The number of rotatable bonds is 2. The van der Waals surface area contributed by atoms with Crippen LogP contribution in [0.25, 0.3) is 98.2 Å². The monoisotopic (exact) mass is 582 g/mol. The minimum absolute atomic E-state index is 0.914. The summed E-state index contributed by atoms with van der Waals surface area (Å²) in [6, 6.07) is 56.8. The Morgan fingerprint density at radius 1 is 0.239 bits per heavy atom. The molecule has 0 aliphatic heterocycles. The highest BCUT2D eigenvalue weighted by molar-refractivity contribution is 6.26. The summed E-state index contributed by atoms with van der Waals surface area (Å²) >= 11 is 0. The summed E-state index contributed by atoms with van der Waals surface area (Å²) in [6.07, 6.45) is 0. The van der Waals surface area contributed by atoms with Crippen molar-refractivity contribution in [2.45, 2.75) is 0 Å². The van der Waals surface area contributed by atoms with Crippen LogP contribution in [0.1, 0.15) is 0 Å². The standard InChI is InChI=1S/C44H26N2/c1-2-11-33-31(9-1)32-10-3-4-13-35(32)39-25-29(21-23-36(33)39)27-17-19-28(20-18-27)30-22-24-37-34-12-5-6-14-38(34)43-44(40(37)26-30)46-42-16-8-7-15-41(42)45-43/h1-26H. The minimum Gasteiger partial charge on any atom is -0.244 e. The third-order valence-electron chi connectivity index (χ3n) is 9.61. The van der Waals surface area contributed by atoms with Crippen molar-refractivity contribution in [3.8, 4) is 22.3 Å². The van der Waals surface area contributed by atoms with Crippen molar-refractivity contribution in [3.05, 3.63) is 158 Å². The zero-order valence-corrected chi connectivity index (χ0v) is 24.9. The van der Waals surface area contributed by atoms with Gasteiger partial charge >= 0.3 is 0 Å². The molecule has 0 radical (unpaired) electrons. The van der Waals surface area contributed by atoms with Crippen molar-refractivity contribution in [2.75, 3.05) is 0 Å². The van der Waals surface area contributed by atoms with E-state index >= 15 is 0 Å². The van der Waals surface area contributed by atoms with Gasteiger partial charge in [0.15, 0.2) is 0 Å². The van der Waals surface area contributed by atoms with E-state index in [1.165, 1.54) is 65.3 Å². The van der Waals surface area contributed by atoms with Gasteiger partial charge in [0.25, 0.3) is 0 Å². The molecule has 0 aliphatic carbocycles. The van der Waals surface area contributed by atoms with Gasteiger partial charge in [-0.2, -0.15) is 0 Å². The number of benzene rings is 9. The molecule has 2 nitrogen and oxygen atoms in total. The van der Waals surface area contributed by atoms with E-state index in [1.54, 1.807) is 0 Å². The van der Waals surface area contributed by atoms with E-state index in [9.17, 15) is 0 Å². The fourth-order valence-corrected chi connectivity index (χ4v) is 7.40. The van der Waals surface area contributed by atoms with Crippen LogP contribution < -0.4 is 0 Å². The number of nitrogens with zero attached hydrogens (tertiary/aromatic N) is 2. The van der Waals surface area contributed by atoms with E-state index in [-0.39, 0.29) is 0 Å². The first-order chi connectivity index (χ1) is 22.8. The SMILES string of the molecule is c1ccc2nc3c4cc(-c5ccc(-c6ccc7c8ccccc8c8ccccc8c7c6)cc5)ccc4c4ccccc4c3nc2c1. The zero-order valence-electron chi connectivity index (χ0n) is 24.9. The van der Waals surface area contributed by atoms with E-state index in [4.69, 9.17) is 9.97 Å². The van der Waals surface area contributed by atoms with Crippen LogP contribution >= 0.6 is 0 Å². The third-order valence-corrected chi connectivity index (χ3v) is 9.61. The van der Waals surface area contributed by atoms with Crippen molar-refractivity contribution in [1.82, 2.24) is 9.97 Å². The summed E-state index contributed by atoms with van der Waals surface area (Å²) < 4.78 is 0. The smallest absolute Gasteiger partial charge is 0.0979 e. The van der Waals surface area contributed by atoms with Crippen LogP contribution in [0.3, 0.4) is 0 Å². The second kappa shape index (κ2) is 9.69. The maximum atomic E-state index is 5.15. The molecule has 10 aromatic rings. The van der Waals surface area contributed by atoms with Crippen LogP contribution in [0.5, 0.6) is 0 Å². The average Bonchev–Trinajstić information content (AvgIpc) is 3.14. The van der Waals surface area contributed by atoms with Crippen molar-refractivity contribution >= 4 is 75.9 Å². The second-order valence-electron chi connectivity index (χ2n) is 12.1. The topological polar surface area (TPSA) is 25.8 Å². The largest absolute Gasteiger partial charge is 0.244 e. The molecule has 0 spiro atoms. The summed E-state index contributed by atoms with van der Waals surface area (Å²) in [5.74, 6) is 0. The quantitative estimate of drug-likeness (QED) is 0.150. The Balaban J connectivity index is 1.12. The number of aromatic nitrogens is 2. The predicted molar refractivity (Wildman–Crippen MR) is 195 cm³/mol. The Kier molecular flexibility index (Phi) is 5.31. The molecule has 10 rings (SSSR count). The zero-order chi connectivity index (χ0) is 30.2. The number of hydrogen-bond donors (Lipinski definition) is 0. The maximum absolute atomic E-state index is 5.15. The molecule has 1 aromatic heterocycles. The van der Waals surface area contributed by atoms with Crippen molar-refractivity contribution < 1.29 is 0 Å². The third kappa shape index (κ3) is 3.71.